The fourth-order valence-corrected chi connectivity index (χ4v) is 14.1. The van der Waals surface area contributed by atoms with Gasteiger partial charge in [0.2, 0.25) is 0 Å². The first-order valence-corrected chi connectivity index (χ1v) is 27.8. The van der Waals surface area contributed by atoms with Gasteiger partial charge in [-0.25, -0.2) is 0 Å². The minimum Gasteiger partial charge on any atom is -0.376 e. The molecule has 0 unspecified atom stereocenters. The van der Waals surface area contributed by atoms with E-state index in [0.29, 0.717) is 0 Å². The quantitative estimate of drug-likeness (QED) is 0.133. The van der Waals surface area contributed by atoms with Crippen LogP contribution < -0.4 is 25.5 Å². The van der Waals surface area contributed by atoms with E-state index in [1.807, 2.05) is 0 Å². The number of benzene rings is 10. The zero-order chi connectivity index (χ0) is 51.5. The summed E-state index contributed by atoms with van der Waals surface area (Å²) in [5, 5.41) is 2.48. The van der Waals surface area contributed by atoms with E-state index in [4.69, 9.17) is 0 Å². The lowest BCUT2D eigenvalue weighted by atomic mass is 9.42. The SMILES string of the molecule is CCCCc1ccc(N(c2ccccc2)c2ccc3c(c2)N(c2ccc4c(c2)C(C)(C)CCC4(C)C)B2c4cccc5c4N(c4cc6ccccc6cc4C5(c4ccccc4)c4ccccc4)c4cc(C)cc-3c42)cc1. The zero-order valence-corrected chi connectivity index (χ0v) is 44.7. The fraction of sp³-hybridized carbons (Fsp3) is 0.194. The fourth-order valence-electron chi connectivity index (χ4n) is 14.1. The van der Waals surface area contributed by atoms with Gasteiger partial charge >= 0.3 is 6.85 Å². The summed E-state index contributed by atoms with van der Waals surface area (Å²) in [6, 6.07) is 83.9. The van der Waals surface area contributed by atoms with Gasteiger partial charge in [-0.3, -0.25) is 0 Å². The molecule has 370 valence electrons. The number of nitrogens with zero attached hydrogens (tertiary/aromatic N) is 3. The molecule has 76 heavy (non-hydrogen) atoms. The first kappa shape index (κ1) is 46.5. The minimum absolute atomic E-state index is 0.0155. The molecule has 3 heterocycles. The van der Waals surface area contributed by atoms with Gasteiger partial charge in [-0.05, 0) is 182 Å². The van der Waals surface area contributed by atoms with Crippen LogP contribution in [0.3, 0.4) is 0 Å². The van der Waals surface area contributed by atoms with Crippen molar-refractivity contribution in [3.63, 3.8) is 0 Å². The van der Waals surface area contributed by atoms with Crippen molar-refractivity contribution in [3.8, 4) is 11.1 Å². The third-order valence-corrected chi connectivity index (χ3v) is 17.9. The third-order valence-electron chi connectivity index (χ3n) is 17.9. The molecule has 4 heteroatoms. The average molecular weight is 982 g/mol. The Morgan fingerprint density at radius 1 is 0.487 bits per heavy atom. The van der Waals surface area contributed by atoms with Gasteiger partial charge in [-0.2, -0.15) is 0 Å². The van der Waals surface area contributed by atoms with Gasteiger partial charge in [-0.15, -0.1) is 0 Å². The zero-order valence-electron chi connectivity index (χ0n) is 44.7. The van der Waals surface area contributed by atoms with E-state index >= 15 is 0 Å². The van der Waals surface area contributed by atoms with Crippen molar-refractivity contribution in [2.24, 2.45) is 0 Å². The summed E-state index contributed by atoms with van der Waals surface area (Å²) < 4.78 is 0. The van der Waals surface area contributed by atoms with Gasteiger partial charge in [0.15, 0.2) is 0 Å². The predicted octanol–water partition coefficient (Wildman–Crippen LogP) is 17.7. The number of unbranched alkanes of at least 4 members (excludes halogenated alkanes) is 1. The molecule has 10 aromatic carbocycles. The molecule has 3 aliphatic heterocycles. The number of anilines is 8. The highest BCUT2D eigenvalue weighted by Crippen LogP contribution is 2.60. The molecule has 0 aromatic heterocycles. The highest BCUT2D eigenvalue weighted by atomic mass is 15.2. The second-order valence-corrected chi connectivity index (χ2v) is 23.4. The molecular formula is C72H64BN3. The molecule has 0 amide bonds. The van der Waals surface area contributed by atoms with Gasteiger partial charge in [0, 0.05) is 45.4 Å². The summed E-state index contributed by atoms with van der Waals surface area (Å²) >= 11 is 0. The number of rotatable bonds is 9. The van der Waals surface area contributed by atoms with E-state index in [1.165, 1.54) is 125 Å². The van der Waals surface area contributed by atoms with Crippen LogP contribution >= 0.6 is 0 Å². The van der Waals surface area contributed by atoms with Crippen LogP contribution in [0.25, 0.3) is 21.9 Å². The molecule has 10 aromatic rings. The van der Waals surface area contributed by atoms with E-state index in [0.717, 1.165) is 29.9 Å². The van der Waals surface area contributed by atoms with Gasteiger partial charge in [0.1, 0.15) is 0 Å². The van der Waals surface area contributed by atoms with Crippen molar-refractivity contribution in [2.45, 2.75) is 89.9 Å². The largest absolute Gasteiger partial charge is 0.376 e. The predicted molar refractivity (Wildman–Crippen MR) is 323 cm³/mol. The minimum atomic E-state index is -0.637. The lowest BCUT2D eigenvalue weighted by Crippen LogP contribution is -2.62. The Balaban J connectivity index is 1.09. The molecule has 14 rings (SSSR count). The smallest absolute Gasteiger partial charge is 0.333 e. The van der Waals surface area contributed by atoms with E-state index in [-0.39, 0.29) is 17.7 Å². The van der Waals surface area contributed by atoms with Gasteiger partial charge in [0.25, 0.3) is 0 Å². The van der Waals surface area contributed by atoms with Crippen LogP contribution in [0.4, 0.5) is 45.5 Å². The van der Waals surface area contributed by atoms with Crippen molar-refractivity contribution in [1.29, 1.82) is 0 Å². The molecule has 0 bridgehead atoms. The van der Waals surface area contributed by atoms with Gasteiger partial charge < -0.3 is 14.6 Å². The normalized spacial score (nSPS) is 15.8. The van der Waals surface area contributed by atoms with E-state index in [1.54, 1.807) is 0 Å². The first-order valence-electron chi connectivity index (χ1n) is 27.8. The summed E-state index contributed by atoms with van der Waals surface area (Å²) in [4.78, 5) is 7.89. The second kappa shape index (κ2) is 17.5. The van der Waals surface area contributed by atoms with Gasteiger partial charge in [-0.1, -0.05) is 193 Å². The monoisotopic (exact) mass is 982 g/mol. The van der Waals surface area contributed by atoms with Crippen LogP contribution in [0.2, 0.25) is 0 Å². The van der Waals surface area contributed by atoms with Crippen molar-refractivity contribution < 1.29 is 0 Å². The number of hydrogen-bond acceptors (Lipinski definition) is 3. The Morgan fingerprint density at radius 2 is 1.12 bits per heavy atom. The number of aryl methyl sites for hydroxylation is 2. The molecule has 0 radical (unpaired) electrons. The molecule has 4 aliphatic rings. The number of hydrogen-bond donors (Lipinski definition) is 0. The molecule has 1 aliphatic carbocycles. The molecule has 0 saturated carbocycles. The molecule has 0 spiro atoms. The maximum atomic E-state index is 2.75. The summed E-state index contributed by atoms with van der Waals surface area (Å²) in [7, 11) is 0. The molecule has 3 nitrogen and oxygen atoms in total. The highest BCUT2D eigenvalue weighted by molar-refractivity contribution is 6.93. The molecule has 0 saturated heterocycles. The summed E-state index contributed by atoms with van der Waals surface area (Å²) in [5.41, 5.74) is 24.9. The topological polar surface area (TPSA) is 9.72 Å². The Labute approximate surface area is 450 Å². The summed E-state index contributed by atoms with van der Waals surface area (Å²) in [6.45, 7) is 14.2. The lowest BCUT2D eigenvalue weighted by Gasteiger charge is -2.52. The molecule has 0 atom stereocenters. The van der Waals surface area contributed by atoms with Crippen molar-refractivity contribution in [1.82, 2.24) is 0 Å². The molecule has 0 fully saturated rings. The van der Waals surface area contributed by atoms with Crippen LogP contribution in [-0.2, 0) is 22.7 Å². The molecule has 0 N–H and O–H groups in total. The Kier molecular flexibility index (Phi) is 10.7. The van der Waals surface area contributed by atoms with Crippen molar-refractivity contribution >= 4 is 74.0 Å². The number of para-hydroxylation sites is 2. The van der Waals surface area contributed by atoms with Crippen LogP contribution in [0.5, 0.6) is 0 Å². The van der Waals surface area contributed by atoms with E-state index in [2.05, 4.69) is 275 Å². The standard InChI is InChI=1S/C72H64BN3/c1-7-8-21-49-32-34-55(35-33-49)74(54-28-16-11-17-29-54)56-36-38-58-59-42-48(2)43-67-68(59)73(76(65(58)47-56)57-37-39-60-62(46-57)71(5,6)41-40-70(60,3)4)64-31-20-30-61-69(64)75(67)66-45-51-23-19-18-22-50(51)44-63(66)72(61,52-24-12-9-13-25-52)53-26-14-10-15-27-53/h9-20,22-39,42-47H,7-8,21,40-41H2,1-6H3. The van der Waals surface area contributed by atoms with Crippen LogP contribution in [0.15, 0.2) is 218 Å². The lowest BCUT2D eigenvalue weighted by molar-refractivity contribution is 0.332. The van der Waals surface area contributed by atoms with Gasteiger partial charge in [0.05, 0.1) is 11.1 Å². The van der Waals surface area contributed by atoms with E-state index < -0.39 is 5.41 Å². The first-order chi connectivity index (χ1) is 37.0. The Morgan fingerprint density at radius 3 is 1.82 bits per heavy atom. The average Bonchev–Trinajstić information content (AvgIpc) is 3.62. The Bertz CT molecular complexity index is 3860. The Hall–Kier alpha value is -8.08. The maximum absolute atomic E-state index is 2.75. The molecular weight excluding hydrogens is 918 g/mol. The second-order valence-electron chi connectivity index (χ2n) is 23.4. The summed E-state index contributed by atoms with van der Waals surface area (Å²) in [5.74, 6) is 0. The maximum Gasteiger partial charge on any atom is 0.333 e. The van der Waals surface area contributed by atoms with Crippen molar-refractivity contribution in [3.05, 3.63) is 263 Å². The van der Waals surface area contributed by atoms with E-state index in [9.17, 15) is 0 Å². The summed E-state index contributed by atoms with van der Waals surface area (Å²) in [6.07, 6.45) is 5.78. The third kappa shape index (κ3) is 6.95. The van der Waals surface area contributed by atoms with Crippen LogP contribution in [0.1, 0.15) is 105 Å². The van der Waals surface area contributed by atoms with Crippen LogP contribution in [0, 0.1) is 6.92 Å². The highest BCUT2D eigenvalue weighted by Gasteiger charge is 2.53. The number of fused-ring (bicyclic) bond motifs is 8. The van der Waals surface area contributed by atoms with Crippen molar-refractivity contribution in [2.75, 3.05) is 14.6 Å². The van der Waals surface area contributed by atoms with Crippen LogP contribution in [-0.4, -0.2) is 6.85 Å².